The quantitative estimate of drug-likeness (QED) is 0.574. The average molecular weight is 379 g/mol. The van der Waals surface area contributed by atoms with Crippen LogP contribution in [0.2, 0.25) is 0 Å². The molecule has 5 nitrogen and oxygen atoms in total. The van der Waals surface area contributed by atoms with Crippen molar-refractivity contribution < 1.29 is 4.79 Å². The number of aliphatic imine (C=N–C) groups is 1. The van der Waals surface area contributed by atoms with Gasteiger partial charge in [-0.2, -0.15) is 0 Å². The van der Waals surface area contributed by atoms with Crippen LogP contribution in [-0.2, 0) is 24.4 Å². The molecule has 0 saturated carbocycles. The molecule has 0 bridgehead atoms. The lowest BCUT2D eigenvalue weighted by molar-refractivity contribution is -0.128. The van der Waals surface area contributed by atoms with E-state index in [-0.39, 0.29) is 5.91 Å². The highest BCUT2D eigenvalue weighted by atomic mass is 16.2. The average Bonchev–Trinajstić information content (AvgIpc) is 3.11. The number of carbonyl (C=O) groups is 1. The number of hydrogen-bond acceptors (Lipinski definition) is 2. The zero-order chi connectivity index (χ0) is 19.8. The highest BCUT2D eigenvalue weighted by Crippen LogP contribution is 2.15. The second-order valence-electron chi connectivity index (χ2n) is 7.21. The van der Waals surface area contributed by atoms with E-state index in [1.54, 1.807) is 0 Å². The fourth-order valence-electron chi connectivity index (χ4n) is 3.34. The van der Waals surface area contributed by atoms with Gasteiger partial charge < -0.3 is 15.5 Å². The molecule has 1 saturated heterocycles. The van der Waals surface area contributed by atoms with Gasteiger partial charge in [0.05, 0.1) is 6.54 Å². The molecule has 0 atom stereocenters. The summed E-state index contributed by atoms with van der Waals surface area (Å²) < 4.78 is 0. The van der Waals surface area contributed by atoms with Crippen molar-refractivity contribution in [1.29, 1.82) is 0 Å². The number of nitrogens with zero attached hydrogens (tertiary/aromatic N) is 2. The lowest BCUT2D eigenvalue weighted by atomic mass is 10.1. The molecule has 5 heteroatoms. The third-order valence-corrected chi connectivity index (χ3v) is 5.04. The Morgan fingerprint density at radius 3 is 2.50 bits per heavy atom. The molecule has 1 fully saturated rings. The first-order valence-corrected chi connectivity index (χ1v) is 10.1. The van der Waals surface area contributed by atoms with Crippen LogP contribution in [0.1, 0.15) is 42.0 Å². The SMILES string of the molecule is CCNC(=NCc1ccc(CN2CCCC2=O)cc1)NCc1ccccc1C. The van der Waals surface area contributed by atoms with Crippen molar-refractivity contribution in [3.63, 3.8) is 0 Å². The van der Waals surface area contributed by atoms with Gasteiger partial charge >= 0.3 is 0 Å². The largest absolute Gasteiger partial charge is 0.357 e. The van der Waals surface area contributed by atoms with E-state index < -0.39 is 0 Å². The first-order valence-electron chi connectivity index (χ1n) is 10.1. The third kappa shape index (κ3) is 5.59. The molecule has 0 aliphatic carbocycles. The van der Waals surface area contributed by atoms with E-state index in [0.29, 0.717) is 19.5 Å². The molecule has 2 N–H and O–H groups in total. The molecule has 1 aliphatic rings. The van der Waals surface area contributed by atoms with Crippen molar-refractivity contribution in [3.05, 3.63) is 70.8 Å². The summed E-state index contributed by atoms with van der Waals surface area (Å²) in [6, 6.07) is 16.8. The van der Waals surface area contributed by atoms with Gasteiger partial charge in [-0.15, -0.1) is 0 Å². The second kappa shape index (κ2) is 9.93. The van der Waals surface area contributed by atoms with Crippen molar-refractivity contribution in [2.45, 2.75) is 46.3 Å². The summed E-state index contributed by atoms with van der Waals surface area (Å²) in [5.74, 6) is 1.08. The number of likely N-dealkylation sites (tertiary alicyclic amines) is 1. The Bertz CT molecular complexity index is 814. The van der Waals surface area contributed by atoms with E-state index in [1.807, 2.05) is 4.90 Å². The maximum Gasteiger partial charge on any atom is 0.222 e. The highest BCUT2D eigenvalue weighted by molar-refractivity contribution is 5.79. The van der Waals surface area contributed by atoms with Crippen LogP contribution in [0.3, 0.4) is 0 Å². The molecule has 0 aromatic heterocycles. The Labute approximate surface area is 167 Å². The Hall–Kier alpha value is -2.82. The molecular formula is C23H30N4O. The van der Waals surface area contributed by atoms with Crippen molar-refractivity contribution in [2.24, 2.45) is 4.99 Å². The van der Waals surface area contributed by atoms with E-state index in [4.69, 9.17) is 4.99 Å². The van der Waals surface area contributed by atoms with Crippen LogP contribution in [0.4, 0.5) is 0 Å². The number of hydrogen-bond donors (Lipinski definition) is 2. The van der Waals surface area contributed by atoms with Crippen LogP contribution in [0.25, 0.3) is 0 Å². The summed E-state index contributed by atoms with van der Waals surface area (Å²) in [5, 5.41) is 6.71. The van der Waals surface area contributed by atoms with E-state index in [9.17, 15) is 4.79 Å². The lowest BCUT2D eigenvalue weighted by Crippen LogP contribution is -2.36. The predicted molar refractivity (Wildman–Crippen MR) is 114 cm³/mol. The fraction of sp³-hybridized carbons (Fsp3) is 0.391. The van der Waals surface area contributed by atoms with E-state index in [1.165, 1.54) is 16.7 Å². The van der Waals surface area contributed by atoms with Crippen LogP contribution >= 0.6 is 0 Å². The summed E-state index contributed by atoms with van der Waals surface area (Å²) in [6.45, 7) is 7.97. The lowest BCUT2D eigenvalue weighted by Gasteiger charge is -2.15. The van der Waals surface area contributed by atoms with Crippen molar-refractivity contribution in [2.75, 3.05) is 13.1 Å². The van der Waals surface area contributed by atoms with E-state index in [2.05, 4.69) is 73.0 Å². The topological polar surface area (TPSA) is 56.7 Å². The Morgan fingerprint density at radius 2 is 1.82 bits per heavy atom. The van der Waals surface area contributed by atoms with Gasteiger partial charge in [0.2, 0.25) is 5.91 Å². The highest BCUT2D eigenvalue weighted by Gasteiger charge is 2.19. The van der Waals surface area contributed by atoms with Crippen molar-refractivity contribution in [1.82, 2.24) is 15.5 Å². The van der Waals surface area contributed by atoms with Gasteiger partial charge in [-0.1, -0.05) is 48.5 Å². The molecule has 1 amide bonds. The molecule has 0 radical (unpaired) electrons. The Morgan fingerprint density at radius 1 is 1.07 bits per heavy atom. The van der Waals surface area contributed by atoms with Gasteiger partial charge in [0.25, 0.3) is 0 Å². The summed E-state index contributed by atoms with van der Waals surface area (Å²) in [7, 11) is 0. The predicted octanol–water partition coefficient (Wildman–Crippen LogP) is 3.37. The zero-order valence-electron chi connectivity index (χ0n) is 16.9. The summed E-state index contributed by atoms with van der Waals surface area (Å²) in [4.78, 5) is 18.4. The van der Waals surface area contributed by atoms with E-state index >= 15 is 0 Å². The number of aryl methyl sites for hydroxylation is 1. The Kier molecular flexibility index (Phi) is 7.06. The smallest absolute Gasteiger partial charge is 0.222 e. The maximum atomic E-state index is 11.8. The Balaban J connectivity index is 1.56. The summed E-state index contributed by atoms with van der Waals surface area (Å²) in [6.07, 6.45) is 1.67. The first-order chi connectivity index (χ1) is 13.7. The number of benzene rings is 2. The summed E-state index contributed by atoms with van der Waals surface area (Å²) in [5.41, 5.74) is 4.88. The monoisotopic (exact) mass is 378 g/mol. The number of amides is 1. The normalized spacial score (nSPS) is 14.4. The van der Waals surface area contributed by atoms with Crippen LogP contribution in [-0.4, -0.2) is 29.9 Å². The minimum atomic E-state index is 0.267. The van der Waals surface area contributed by atoms with Gasteiger partial charge in [-0.05, 0) is 42.5 Å². The number of carbonyl (C=O) groups excluding carboxylic acids is 1. The van der Waals surface area contributed by atoms with Gasteiger partial charge in [0, 0.05) is 32.6 Å². The van der Waals surface area contributed by atoms with Crippen LogP contribution in [0, 0.1) is 6.92 Å². The number of nitrogens with one attached hydrogen (secondary N) is 2. The molecule has 1 heterocycles. The minimum absolute atomic E-state index is 0.267. The number of rotatable bonds is 7. The molecule has 28 heavy (non-hydrogen) atoms. The van der Waals surface area contributed by atoms with Crippen LogP contribution in [0.15, 0.2) is 53.5 Å². The van der Waals surface area contributed by atoms with Gasteiger partial charge in [0.1, 0.15) is 0 Å². The summed E-state index contributed by atoms with van der Waals surface area (Å²) >= 11 is 0. The molecule has 3 rings (SSSR count). The molecule has 2 aromatic rings. The van der Waals surface area contributed by atoms with Crippen molar-refractivity contribution >= 4 is 11.9 Å². The first kappa shape index (κ1) is 19.9. The van der Waals surface area contributed by atoms with Gasteiger partial charge in [-0.3, -0.25) is 4.79 Å². The molecular weight excluding hydrogens is 348 g/mol. The van der Waals surface area contributed by atoms with Gasteiger partial charge in [-0.25, -0.2) is 4.99 Å². The number of guanidine groups is 1. The second-order valence-corrected chi connectivity index (χ2v) is 7.21. The van der Waals surface area contributed by atoms with E-state index in [0.717, 1.165) is 37.6 Å². The molecule has 2 aromatic carbocycles. The third-order valence-electron chi connectivity index (χ3n) is 5.04. The van der Waals surface area contributed by atoms with Crippen molar-refractivity contribution in [3.8, 4) is 0 Å². The molecule has 148 valence electrons. The fourth-order valence-corrected chi connectivity index (χ4v) is 3.34. The maximum absolute atomic E-state index is 11.8. The zero-order valence-corrected chi connectivity index (χ0v) is 16.9. The molecule has 1 aliphatic heterocycles. The van der Waals surface area contributed by atoms with Gasteiger partial charge in [0.15, 0.2) is 5.96 Å². The standard InChI is InChI=1S/C23H30N4O/c1-3-24-23(26-16-21-8-5-4-7-18(21)2)25-15-19-10-12-20(13-11-19)17-27-14-6-9-22(27)28/h4-5,7-8,10-13H,3,6,9,14-17H2,1-2H3,(H2,24,25,26). The molecule has 0 unspecified atom stereocenters. The minimum Gasteiger partial charge on any atom is -0.357 e. The van der Waals surface area contributed by atoms with Crippen LogP contribution in [0.5, 0.6) is 0 Å². The molecule has 0 spiro atoms. The van der Waals surface area contributed by atoms with Crippen LogP contribution < -0.4 is 10.6 Å².